The van der Waals surface area contributed by atoms with Crippen molar-refractivity contribution in [3.63, 3.8) is 0 Å². The SMILES string of the molecule is CC(C)Oc1cc(Cl)c2nc(C(=O)O)cn2c1. The number of hydrogen-bond donors (Lipinski definition) is 1. The van der Waals surface area contributed by atoms with Crippen LogP contribution in [0.25, 0.3) is 5.65 Å². The molecule has 0 amide bonds. The Morgan fingerprint density at radius 1 is 1.53 bits per heavy atom. The van der Waals surface area contributed by atoms with Crippen LogP contribution < -0.4 is 4.74 Å². The summed E-state index contributed by atoms with van der Waals surface area (Å²) in [5.41, 5.74) is 0.355. The lowest BCUT2D eigenvalue weighted by molar-refractivity contribution is 0.0691. The molecule has 0 spiro atoms. The fraction of sp³-hybridized carbons (Fsp3) is 0.273. The van der Waals surface area contributed by atoms with Gasteiger partial charge < -0.3 is 14.2 Å². The van der Waals surface area contributed by atoms with Gasteiger partial charge >= 0.3 is 5.97 Å². The molecule has 0 bridgehead atoms. The van der Waals surface area contributed by atoms with Crippen molar-refractivity contribution in [2.75, 3.05) is 0 Å². The van der Waals surface area contributed by atoms with Crippen LogP contribution in [0.5, 0.6) is 5.75 Å². The number of imidazole rings is 1. The van der Waals surface area contributed by atoms with Gasteiger partial charge in [-0.15, -0.1) is 0 Å². The molecule has 17 heavy (non-hydrogen) atoms. The summed E-state index contributed by atoms with van der Waals surface area (Å²) < 4.78 is 7.04. The molecule has 0 aliphatic carbocycles. The van der Waals surface area contributed by atoms with Gasteiger partial charge in [0.15, 0.2) is 11.3 Å². The van der Waals surface area contributed by atoms with Crippen molar-refractivity contribution in [3.8, 4) is 5.75 Å². The average molecular weight is 255 g/mol. The van der Waals surface area contributed by atoms with Crippen molar-refractivity contribution in [3.05, 3.63) is 29.2 Å². The van der Waals surface area contributed by atoms with Crippen LogP contribution >= 0.6 is 11.6 Å². The monoisotopic (exact) mass is 254 g/mol. The summed E-state index contributed by atoms with van der Waals surface area (Å²) in [5.74, 6) is -0.511. The molecule has 0 unspecified atom stereocenters. The number of carboxylic acid groups (broad SMARTS) is 1. The number of hydrogen-bond acceptors (Lipinski definition) is 3. The van der Waals surface area contributed by atoms with E-state index < -0.39 is 5.97 Å². The molecule has 1 N–H and O–H groups in total. The standard InChI is InChI=1S/C11H11ClN2O3/c1-6(2)17-7-3-8(12)10-13-9(11(15)16)5-14(10)4-7/h3-6H,1-2H3,(H,15,16). The zero-order chi connectivity index (χ0) is 12.6. The Labute approximate surface area is 103 Å². The van der Waals surface area contributed by atoms with Gasteiger partial charge in [-0.25, -0.2) is 9.78 Å². The van der Waals surface area contributed by atoms with Crippen molar-refractivity contribution >= 4 is 23.2 Å². The Morgan fingerprint density at radius 3 is 2.82 bits per heavy atom. The summed E-state index contributed by atoms with van der Waals surface area (Å²) in [5, 5.41) is 9.20. The van der Waals surface area contributed by atoms with Gasteiger partial charge in [0.1, 0.15) is 5.75 Å². The molecule has 0 saturated heterocycles. The molecule has 2 aromatic rings. The van der Waals surface area contributed by atoms with E-state index in [1.54, 1.807) is 16.7 Å². The van der Waals surface area contributed by atoms with Gasteiger partial charge in [-0.1, -0.05) is 11.6 Å². The second-order valence-electron chi connectivity index (χ2n) is 3.85. The third-order valence-electron chi connectivity index (χ3n) is 2.07. The minimum atomic E-state index is -1.09. The molecule has 0 radical (unpaired) electrons. The maximum Gasteiger partial charge on any atom is 0.356 e. The zero-order valence-corrected chi connectivity index (χ0v) is 10.1. The topological polar surface area (TPSA) is 63.8 Å². The highest BCUT2D eigenvalue weighted by Crippen LogP contribution is 2.24. The van der Waals surface area contributed by atoms with Crippen LogP contribution in [0.2, 0.25) is 5.02 Å². The summed E-state index contributed by atoms with van der Waals surface area (Å²) in [7, 11) is 0. The molecule has 90 valence electrons. The number of rotatable bonds is 3. The van der Waals surface area contributed by atoms with E-state index >= 15 is 0 Å². The maximum atomic E-state index is 10.8. The van der Waals surface area contributed by atoms with Crippen molar-refractivity contribution < 1.29 is 14.6 Å². The van der Waals surface area contributed by atoms with Gasteiger partial charge in [-0.2, -0.15) is 0 Å². The van der Waals surface area contributed by atoms with E-state index in [1.165, 1.54) is 6.20 Å². The summed E-state index contributed by atoms with van der Waals surface area (Å²) in [6.45, 7) is 3.80. The first-order chi connectivity index (χ1) is 7.97. The van der Waals surface area contributed by atoms with Gasteiger partial charge in [0.2, 0.25) is 0 Å². The van der Waals surface area contributed by atoms with Crippen LogP contribution in [0.3, 0.4) is 0 Å². The van der Waals surface area contributed by atoms with Crippen LogP contribution in [0.15, 0.2) is 18.5 Å². The van der Waals surface area contributed by atoms with E-state index in [0.717, 1.165) is 0 Å². The highest BCUT2D eigenvalue weighted by Gasteiger charge is 2.12. The Balaban J connectivity index is 2.53. The van der Waals surface area contributed by atoms with Gasteiger partial charge in [0.25, 0.3) is 0 Å². The molecule has 0 fully saturated rings. The second-order valence-corrected chi connectivity index (χ2v) is 4.26. The maximum absolute atomic E-state index is 10.8. The van der Waals surface area contributed by atoms with E-state index in [1.807, 2.05) is 13.8 Å². The number of halogens is 1. The first kappa shape index (κ1) is 11.7. The number of carboxylic acids is 1. The van der Waals surface area contributed by atoms with E-state index in [9.17, 15) is 4.79 Å². The lowest BCUT2D eigenvalue weighted by atomic mass is 10.4. The van der Waals surface area contributed by atoms with Gasteiger partial charge in [0, 0.05) is 12.3 Å². The average Bonchev–Trinajstić information content (AvgIpc) is 2.60. The molecular formula is C11H11ClN2O3. The first-order valence-electron chi connectivity index (χ1n) is 5.05. The number of nitrogens with zero attached hydrogens (tertiary/aromatic N) is 2. The molecule has 2 aromatic heterocycles. The molecular weight excluding hydrogens is 244 g/mol. The van der Waals surface area contributed by atoms with Gasteiger partial charge in [-0.3, -0.25) is 0 Å². The predicted octanol–water partition coefficient (Wildman–Crippen LogP) is 2.47. The Kier molecular flexibility index (Phi) is 2.93. The molecule has 0 saturated carbocycles. The number of ether oxygens (including phenoxy) is 1. The van der Waals surface area contributed by atoms with Crippen LogP contribution in [0, 0.1) is 0 Å². The molecule has 2 rings (SSSR count). The van der Waals surface area contributed by atoms with Crippen molar-refractivity contribution in [2.24, 2.45) is 0 Å². The van der Waals surface area contributed by atoms with Gasteiger partial charge in [0.05, 0.1) is 17.3 Å². The number of pyridine rings is 1. The highest BCUT2D eigenvalue weighted by molar-refractivity contribution is 6.33. The van der Waals surface area contributed by atoms with E-state index in [4.69, 9.17) is 21.4 Å². The largest absolute Gasteiger partial charge is 0.489 e. The number of fused-ring (bicyclic) bond motifs is 1. The number of aromatic carboxylic acids is 1. The minimum Gasteiger partial charge on any atom is -0.489 e. The van der Waals surface area contributed by atoms with Crippen molar-refractivity contribution in [1.82, 2.24) is 9.38 Å². The van der Waals surface area contributed by atoms with Crippen LogP contribution in [0.1, 0.15) is 24.3 Å². The minimum absolute atomic E-state index is 0.0194. The summed E-state index contributed by atoms with van der Waals surface area (Å²) >= 11 is 6.01. The number of carbonyl (C=O) groups is 1. The number of aromatic nitrogens is 2. The molecule has 0 aliphatic heterocycles. The van der Waals surface area contributed by atoms with E-state index in [0.29, 0.717) is 16.4 Å². The predicted molar refractivity (Wildman–Crippen MR) is 62.9 cm³/mol. The van der Waals surface area contributed by atoms with Crippen LogP contribution in [0.4, 0.5) is 0 Å². The van der Waals surface area contributed by atoms with Crippen molar-refractivity contribution in [1.29, 1.82) is 0 Å². The molecule has 2 heterocycles. The Morgan fingerprint density at radius 2 is 2.24 bits per heavy atom. The lowest BCUT2D eigenvalue weighted by Gasteiger charge is -2.10. The fourth-order valence-electron chi connectivity index (χ4n) is 1.47. The fourth-order valence-corrected chi connectivity index (χ4v) is 1.72. The van der Waals surface area contributed by atoms with Crippen molar-refractivity contribution in [2.45, 2.75) is 20.0 Å². The van der Waals surface area contributed by atoms with Gasteiger partial charge in [-0.05, 0) is 13.8 Å². The van der Waals surface area contributed by atoms with Crippen LogP contribution in [-0.4, -0.2) is 26.6 Å². The molecule has 5 nitrogen and oxygen atoms in total. The normalized spacial score (nSPS) is 11.1. The zero-order valence-electron chi connectivity index (χ0n) is 9.35. The summed E-state index contributed by atoms with van der Waals surface area (Å²) in [6, 6.07) is 1.62. The van der Waals surface area contributed by atoms with Crippen LogP contribution in [-0.2, 0) is 0 Å². The van der Waals surface area contributed by atoms with E-state index in [-0.39, 0.29) is 11.8 Å². The quantitative estimate of drug-likeness (QED) is 0.914. The third kappa shape index (κ3) is 2.34. The summed E-state index contributed by atoms with van der Waals surface area (Å²) in [6.07, 6.45) is 3.07. The first-order valence-corrected chi connectivity index (χ1v) is 5.43. The highest BCUT2D eigenvalue weighted by atomic mass is 35.5. The molecule has 0 atom stereocenters. The third-order valence-corrected chi connectivity index (χ3v) is 2.35. The molecule has 0 aliphatic rings. The summed E-state index contributed by atoms with van der Waals surface area (Å²) in [4.78, 5) is 14.7. The Hall–Kier alpha value is -1.75. The molecule has 6 heteroatoms. The lowest BCUT2D eigenvalue weighted by Crippen LogP contribution is -2.06. The molecule has 0 aromatic carbocycles. The smallest absolute Gasteiger partial charge is 0.356 e. The Bertz CT molecular complexity index is 577. The second kappa shape index (κ2) is 4.25. The van der Waals surface area contributed by atoms with E-state index in [2.05, 4.69) is 4.98 Å².